The maximum atomic E-state index is 13.1. The van der Waals surface area contributed by atoms with Crippen LogP contribution in [-0.4, -0.2) is 71.2 Å². The van der Waals surface area contributed by atoms with Crippen LogP contribution in [0.3, 0.4) is 0 Å². The molecule has 4 aromatic rings. The van der Waals surface area contributed by atoms with E-state index in [0.717, 1.165) is 44.4 Å². The summed E-state index contributed by atoms with van der Waals surface area (Å²) in [6, 6.07) is 17.1. The Kier molecular flexibility index (Phi) is 12.1. The lowest BCUT2D eigenvalue weighted by atomic mass is 9.90. The molecule has 0 aliphatic carbocycles. The van der Waals surface area contributed by atoms with Crippen molar-refractivity contribution in [3.8, 4) is 5.75 Å². The minimum Gasteiger partial charge on any atom is -0.493 e. The van der Waals surface area contributed by atoms with Crippen LogP contribution in [-0.2, 0) is 22.6 Å². The molecule has 3 aromatic heterocycles. The molecule has 0 saturated heterocycles. The van der Waals surface area contributed by atoms with E-state index in [1.807, 2.05) is 61.9 Å². The number of pyridine rings is 3. The number of hydrogen-bond donors (Lipinski definition) is 0. The van der Waals surface area contributed by atoms with Crippen molar-refractivity contribution < 1.29 is 19.1 Å². The molecule has 5 rings (SSSR count). The zero-order valence-electron chi connectivity index (χ0n) is 27.0. The smallest absolute Gasteiger partial charge is 0.242 e. The summed E-state index contributed by atoms with van der Waals surface area (Å²) in [6.07, 6.45) is 13.1. The van der Waals surface area contributed by atoms with Crippen molar-refractivity contribution in [2.24, 2.45) is 5.41 Å². The van der Waals surface area contributed by atoms with Gasteiger partial charge in [-0.05, 0) is 87.2 Å². The number of benzene rings is 1. The van der Waals surface area contributed by atoms with E-state index in [0.29, 0.717) is 30.2 Å². The van der Waals surface area contributed by atoms with Crippen molar-refractivity contribution in [1.29, 1.82) is 0 Å². The number of rotatable bonds is 12. The van der Waals surface area contributed by atoms with E-state index in [9.17, 15) is 14.4 Å². The van der Waals surface area contributed by atoms with E-state index in [1.165, 1.54) is 11.1 Å². The molecule has 0 saturated carbocycles. The summed E-state index contributed by atoms with van der Waals surface area (Å²) < 4.78 is 6.12. The molecule has 240 valence electrons. The summed E-state index contributed by atoms with van der Waals surface area (Å²) in [7, 11) is 1.72. The van der Waals surface area contributed by atoms with Gasteiger partial charge in [0.15, 0.2) is 0 Å². The molecule has 0 N–H and O–H groups in total. The van der Waals surface area contributed by atoms with E-state index in [-0.39, 0.29) is 11.8 Å². The molecule has 10 heteroatoms. The van der Waals surface area contributed by atoms with Crippen LogP contribution in [0.15, 0.2) is 91.8 Å². The molecule has 0 unspecified atom stereocenters. The van der Waals surface area contributed by atoms with Gasteiger partial charge in [-0.3, -0.25) is 34.2 Å². The third-order valence-corrected chi connectivity index (χ3v) is 7.86. The Hall–Kier alpha value is -4.96. The zero-order valence-corrected chi connectivity index (χ0v) is 27.0. The Labute approximate surface area is 271 Å². The van der Waals surface area contributed by atoms with Crippen molar-refractivity contribution in [3.63, 3.8) is 0 Å². The van der Waals surface area contributed by atoms with Gasteiger partial charge in [-0.15, -0.1) is 0 Å². The molecule has 1 aliphatic heterocycles. The van der Waals surface area contributed by atoms with Crippen LogP contribution in [0.5, 0.6) is 5.75 Å². The summed E-state index contributed by atoms with van der Waals surface area (Å²) in [6.45, 7) is 8.95. The average Bonchev–Trinajstić information content (AvgIpc) is 3.14. The van der Waals surface area contributed by atoms with Crippen LogP contribution in [0.25, 0.3) is 0 Å². The van der Waals surface area contributed by atoms with Crippen molar-refractivity contribution in [1.82, 2.24) is 19.9 Å². The van der Waals surface area contributed by atoms with Crippen LogP contribution >= 0.6 is 0 Å². The maximum absolute atomic E-state index is 13.1. The van der Waals surface area contributed by atoms with Crippen LogP contribution in [0, 0.1) is 5.41 Å². The normalized spacial score (nSPS) is 13.8. The van der Waals surface area contributed by atoms with Gasteiger partial charge < -0.3 is 14.5 Å². The first-order valence-corrected chi connectivity index (χ1v) is 15.5. The molecule has 0 spiro atoms. The number of fused-ring (bicyclic) bond motifs is 1. The summed E-state index contributed by atoms with van der Waals surface area (Å²) >= 11 is 0. The Morgan fingerprint density at radius 3 is 2.20 bits per heavy atom. The average molecular weight is 623 g/mol. The summed E-state index contributed by atoms with van der Waals surface area (Å²) in [5.41, 5.74) is 3.39. The second-order valence-electron chi connectivity index (χ2n) is 11.5. The van der Waals surface area contributed by atoms with Crippen molar-refractivity contribution in [3.05, 3.63) is 108 Å². The monoisotopic (exact) mass is 622 g/mol. The minimum absolute atomic E-state index is 0.190. The number of anilines is 2. The Bertz CT molecular complexity index is 1570. The van der Waals surface area contributed by atoms with Gasteiger partial charge in [0.2, 0.25) is 11.8 Å². The van der Waals surface area contributed by atoms with Crippen LogP contribution in [0.2, 0.25) is 0 Å². The molecule has 1 aromatic carbocycles. The van der Waals surface area contributed by atoms with E-state index in [4.69, 9.17) is 4.74 Å². The summed E-state index contributed by atoms with van der Waals surface area (Å²) in [5.74, 6) is 0.268. The molecular formula is C36H42N6O4. The molecular weight excluding hydrogens is 580 g/mol. The predicted molar refractivity (Wildman–Crippen MR) is 179 cm³/mol. The first kappa shape index (κ1) is 33.9. The third kappa shape index (κ3) is 8.82. The van der Waals surface area contributed by atoms with Gasteiger partial charge in [0.25, 0.3) is 0 Å². The summed E-state index contributed by atoms with van der Waals surface area (Å²) in [5, 5.41) is 0. The Morgan fingerprint density at radius 2 is 1.57 bits per heavy atom. The zero-order chi connectivity index (χ0) is 32.9. The third-order valence-electron chi connectivity index (χ3n) is 7.86. The number of aromatic nitrogens is 3. The number of aldehydes is 1. The lowest BCUT2D eigenvalue weighted by Gasteiger charge is -2.27. The molecule has 0 radical (unpaired) electrons. The van der Waals surface area contributed by atoms with Crippen molar-refractivity contribution in [2.75, 3.05) is 43.1 Å². The van der Waals surface area contributed by atoms with Gasteiger partial charge in [-0.25, -0.2) is 0 Å². The van der Waals surface area contributed by atoms with Gasteiger partial charge in [0.1, 0.15) is 17.5 Å². The lowest BCUT2D eigenvalue weighted by molar-refractivity contribution is -0.137. The van der Waals surface area contributed by atoms with Gasteiger partial charge in [0.05, 0.1) is 18.0 Å². The molecule has 10 nitrogen and oxygen atoms in total. The topological polar surface area (TPSA) is 109 Å². The molecule has 0 fully saturated rings. The van der Waals surface area contributed by atoms with Gasteiger partial charge >= 0.3 is 0 Å². The quantitative estimate of drug-likeness (QED) is 0.120. The van der Waals surface area contributed by atoms with E-state index < -0.39 is 5.41 Å². The molecule has 46 heavy (non-hydrogen) atoms. The van der Waals surface area contributed by atoms with E-state index in [2.05, 4.69) is 25.9 Å². The standard InChI is InChI=1S/C30H37N5O3.C6H5NO/c1-5-35-26-10-9-25(20-27(26)33(4)28(36)30(2,3)29(35)37)38-19-7-17-34(22-24-11-15-31-16-12-24)18-13-23-8-6-14-32-21-23;8-5-6-1-3-7-4-2-6/h6,8-12,14-16,20-21H,5,7,13,17-19,22H2,1-4H3;1-5H. The Morgan fingerprint density at radius 1 is 0.848 bits per heavy atom. The minimum atomic E-state index is -1.13. The van der Waals surface area contributed by atoms with Crippen LogP contribution in [0.1, 0.15) is 48.7 Å². The fourth-order valence-corrected chi connectivity index (χ4v) is 5.24. The first-order valence-electron chi connectivity index (χ1n) is 15.5. The molecule has 2 amide bonds. The second-order valence-corrected chi connectivity index (χ2v) is 11.5. The highest BCUT2D eigenvalue weighted by Crippen LogP contribution is 2.40. The summed E-state index contributed by atoms with van der Waals surface area (Å²) in [4.78, 5) is 53.9. The van der Waals surface area contributed by atoms with E-state index in [1.54, 1.807) is 61.4 Å². The number of ether oxygens (including phenoxy) is 1. The number of amides is 2. The highest BCUT2D eigenvalue weighted by atomic mass is 16.5. The molecule has 0 atom stereocenters. The van der Waals surface area contributed by atoms with Crippen molar-refractivity contribution in [2.45, 2.75) is 40.2 Å². The van der Waals surface area contributed by atoms with Gasteiger partial charge in [0, 0.05) is 82.0 Å². The fourth-order valence-electron chi connectivity index (χ4n) is 5.24. The molecule has 4 heterocycles. The second kappa shape index (κ2) is 16.4. The molecule has 0 bridgehead atoms. The number of nitrogens with zero attached hydrogens (tertiary/aromatic N) is 6. The lowest BCUT2D eigenvalue weighted by Crippen LogP contribution is -2.47. The highest BCUT2D eigenvalue weighted by Gasteiger charge is 2.45. The maximum Gasteiger partial charge on any atom is 0.242 e. The fraction of sp³-hybridized carbons (Fsp3) is 0.333. The first-order chi connectivity index (χ1) is 22.2. The molecule has 1 aliphatic rings. The SMILES string of the molecule is CCN1C(=O)C(C)(C)C(=O)N(C)c2cc(OCCCN(CCc3cccnc3)Cc3ccncc3)ccc21.O=Cc1ccncc1. The van der Waals surface area contributed by atoms with Crippen molar-refractivity contribution >= 4 is 29.5 Å². The van der Waals surface area contributed by atoms with Crippen LogP contribution < -0.4 is 14.5 Å². The number of hydrogen-bond acceptors (Lipinski definition) is 8. The van der Waals surface area contributed by atoms with Gasteiger partial charge in [-0.1, -0.05) is 6.07 Å². The number of carbonyl (C=O) groups excluding carboxylic acids is 3. The van der Waals surface area contributed by atoms with Gasteiger partial charge in [-0.2, -0.15) is 0 Å². The Balaban J connectivity index is 0.000000523. The van der Waals surface area contributed by atoms with E-state index >= 15 is 0 Å². The highest BCUT2D eigenvalue weighted by molar-refractivity contribution is 6.20. The van der Waals surface area contributed by atoms with Crippen LogP contribution in [0.4, 0.5) is 11.4 Å². The number of carbonyl (C=O) groups is 3. The largest absolute Gasteiger partial charge is 0.493 e. The predicted octanol–water partition coefficient (Wildman–Crippen LogP) is 5.24.